The van der Waals surface area contributed by atoms with Crippen LogP contribution in [0.3, 0.4) is 0 Å². The first kappa shape index (κ1) is 64.5. The number of hydrogen-bond acceptors (Lipinski definition) is 12. The van der Waals surface area contributed by atoms with Gasteiger partial charge in [0.05, 0.1) is 51.8 Å². The van der Waals surface area contributed by atoms with E-state index in [9.17, 15) is 29.3 Å². The Morgan fingerprint density at radius 2 is 0.654 bits per heavy atom. The van der Waals surface area contributed by atoms with Crippen molar-refractivity contribution in [2.75, 3.05) is 13.2 Å². The number of ether oxygens (including phenoxy) is 4. The Bertz CT molecular complexity index is 2510. The van der Waals surface area contributed by atoms with Crippen molar-refractivity contribution in [2.45, 2.75) is 194 Å². The van der Waals surface area contributed by atoms with Gasteiger partial charge >= 0.3 is 29.6 Å². The second kappa shape index (κ2) is 39.2. The summed E-state index contributed by atoms with van der Waals surface area (Å²) in [5, 5.41) is 12.3. The van der Waals surface area contributed by atoms with E-state index in [2.05, 4.69) is 23.8 Å². The predicted molar refractivity (Wildman–Crippen MR) is 324 cm³/mol. The summed E-state index contributed by atoms with van der Waals surface area (Å²) in [6.07, 6.45) is 38.6. The summed E-state index contributed by atoms with van der Waals surface area (Å²) in [5.74, 6) is -3.26. The second-order valence-corrected chi connectivity index (χ2v) is 21.0. The van der Waals surface area contributed by atoms with Gasteiger partial charge in [-0.3, -0.25) is 20.1 Å². The van der Waals surface area contributed by atoms with Crippen molar-refractivity contribution in [1.29, 1.82) is 0 Å². The van der Waals surface area contributed by atoms with Gasteiger partial charge in [-0.2, -0.15) is 0 Å². The van der Waals surface area contributed by atoms with Crippen LogP contribution in [0.2, 0.25) is 0 Å². The molecule has 0 unspecified atom stereocenters. The normalized spacial score (nSPS) is 11.3. The van der Waals surface area contributed by atoms with E-state index in [-0.39, 0.29) is 23.1 Å². The fourth-order valence-electron chi connectivity index (χ4n) is 9.33. The molecule has 0 fully saturated rings. The van der Waals surface area contributed by atoms with E-state index in [1.165, 1.54) is 184 Å². The molecular formula is C68H87N3O10. The maximum Gasteiger partial charge on any atom is 0.353 e. The third-order valence-corrected chi connectivity index (χ3v) is 14.2. The zero-order chi connectivity index (χ0) is 57.5. The number of aliphatic imine (C=N–C) groups is 2. The molecule has 434 valence electrons. The SMILES string of the molecule is CCCCCCCCCCCCCCCCOC(=O)c1ccc(N=Cc2ccc(C(=O)Oc3cccc(OC(=O)c4ccc(C=Nc5ccc(C(=O)OCCCCCCCCCCCCCCCC)cc5)cc4)c3[N+](=O)[O-])cc2)cc1. The number of hydrogen-bond donors (Lipinski definition) is 0. The smallest absolute Gasteiger partial charge is 0.353 e. The van der Waals surface area contributed by atoms with E-state index in [1.54, 1.807) is 85.2 Å². The van der Waals surface area contributed by atoms with Gasteiger partial charge in [0.1, 0.15) is 0 Å². The fourth-order valence-corrected chi connectivity index (χ4v) is 9.33. The largest absolute Gasteiger partial charge is 0.462 e. The molecule has 13 heteroatoms. The van der Waals surface area contributed by atoms with Gasteiger partial charge in [0.15, 0.2) is 0 Å². The molecule has 0 N–H and O–H groups in total. The molecule has 0 saturated heterocycles. The zero-order valence-electron chi connectivity index (χ0n) is 48.3. The second-order valence-electron chi connectivity index (χ2n) is 21.0. The van der Waals surface area contributed by atoms with Gasteiger partial charge < -0.3 is 18.9 Å². The monoisotopic (exact) mass is 1110 g/mol. The molecule has 0 heterocycles. The highest BCUT2D eigenvalue weighted by Crippen LogP contribution is 2.37. The van der Waals surface area contributed by atoms with Crippen LogP contribution in [0.25, 0.3) is 0 Å². The lowest BCUT2D eigenvalue weighted by molar-refractivity contribution is -0.386. The quantitative estimate of drug-likeness (QED) is 0.00915. The number of rotatable bonds is 41. The minimum atomic E-state index is -0.863. The standard InChI is InChI=1S/C68H87N3O10/c1-3-5-7-9-11-13-15-17-19-21-23-25-27-29-50-78-65(72)56-42-46-60(47-43-56)69-52-54-34-38-58(39-35-54)67(74)80-62-32-31-33-63(64(62)71(76)77)81-68(75)59-40-36-55(37-41-59)53-70-61-48-44-57(45-49-61)66(73)79-51-30-28-26-24-22-20-18-16-14-12-10-8-6-4-2/h31-49,52-53H,3-30,50-51H2,1-2H3. The lowest BCUT2D eigenvalue weighted by Crippen LogP contribution is -2.12. The molecule has 81 heavy (non-hydrogen) atoms. The summed E-state index contributed by atoms with van der Waals surface area (Å²) >= 11 is 0. The van der Waals surface area contributed by atoms with Gasteiger partial charge in [-0.05, 0) is 109 Å². The number of para-hydroxylation sites is 1. The first-order valence-corrected chi connectivity index (χ1v) is 30.2. The molecule has 0 aliphatic carbocycles. The minimum absolute atomic E-state index is 0.117. The first-order chi connectivity index (χ1) is 39.6. The summed E-state index contributed by atoms with van der Waals surface area (Å²) in [6.45, 7) is 5.31. The Hall–Kier alpha value is -7.28. The Morgan fingerprint density at radius 3 is 0.951 bits per heavy atom. The third-order valence-electron chi connectivity index (χ3n) is 14.2. The Morgan fingerprint density at radius 1 is 0.383 bits per heavy atom. The van der Waals surface area contributed by atoms with Crippen LogP contribution in [0.1, 0.15) is 246 Å². The number of unbranched alkanes of at least 4 members (excludes halogenated alkanes) is 26. The number of esters is 4. The minimum Gasteiger partial charge on any atom is -0.462 e. The van der Waals surface area contributed by atoms with Crippen LogP contribution in [0.15, 0.2) is 125 Å². The number of nitro groups is 1. The van der Waals surface area contributed by atoms with E-state index in [0.717, 1.165) is 38.5 Å². The topological polar surface area (TPSA) is 173 Å². The number of carbonyl (C=O) groups is 4. The number of nitrogens with zero attached hydrogens (tertiary/aromatic N) is 3. The van der Waals surface area contributed by atoms with E-state index < -0.39 is 34.0 Å². The first-order valence-electron chi connectivity index (χ1n) is 30.2. The average molecular weight is 1110 g/mol. The Labute approximate surface area is 481 Å². The van der Waals surface area contributed by atoms with E-state index >= 15 is 0 Å². The number of nitro benzene ring substituents is 1. The molecule has 0 bridgehead atoms. The van der Waals surface area contributed by atoms with Crippen LogP contribution in [0, 0.1) is 10.1 Å². The van der Waals surface area contributed by atoms with Crippen molar-refractivity contribution in [1.82, 2.24) is 0 Å². The Kier molecular flexibility index (Phi) is 31.2. The number of benzene rings is 5. The molecule has 0 aliphatic rings. The number of carbonyl (C=O) groups excluding carboxylic acids is 4. The van der Waals surface area contributed by atoms with Crippen LogP contribution in [0.5, 0.6) is 11.5 Å². The van der Waals surface area contributed by atoms with Gasteiger partial charge in [0.25, 0.3) is 0 Å². The molecule has 0 aromatic heterocycles. The molecule has 5 aromatic rings. The lowest BCUT2D eigenvalue weighted by Gasteiger charge is -2.09. The van der Waals surface area contributed by atoms with Crippen molar-refractivity contribution < 1.29 is 43.0 Å². The van der Waals surface area contributed by atoms with E-state index in [1.807, 2.05) is 0 Å². The summed E-state index contributed by atoms with van der Waals surface area (Å²) in [6, 6.07) is 30.0. The van der Waals surface area contributed by atoms with Gasteiger partial charge in [-0.1, -0.05) is 211 Å². The molecule has 0 amide bonds. The lowest BCUT2D eigenvalue weighted by atomic mass is 10.0. The molecule has 0 spiro atoms. The van der Waals surface area contributed by atoms with E-state index in [0.29, 0.717) is 46.8 Å². The molecule has 0 aliphatic heterocycles. The van der Waals surface area contributed by atoms with Crippen LogP contribution in [-0.4, -0.2) is 54.4 Å². The van der Waals surface area contributed by atoms with Crippen molar-refractivity contribution >= 4 is 53.4 Å². The van der Waals surface area contributed by atoms with Gasteiger partial charge in [0, 0.05) is 12.4 Å². The van der Waals surface area contributed by atoms with Crippen molar-refractivity contribution in [3.63, 3.8) is 0 Å². The maximum atomic E-state index is 13.2. The highest BCUT2D eigenvalue weighted by atomic mass is 16.6. The van der Waals surface area contributed by atoms with E-state index in [4.69, 9.17) is 18.9 Å². The molecule has 0 saturated carbocycles. The van der Waals surface area contributed by atoms with Crippen LogP contribution in [0.4, 0.5) is 17.1 Å². The molecule has 0 atom stereocenters. The third kappa shape index (κ3) is 25.8. The molecule has 13 nitrogen and oxygen atoms in total. The zero-order valence-corrected chi connectivity index (χ0v) is 48.3. The molecule has 0 radical (unpaired) electrons. The van der Waals surface area contributed by atoms with Crippen molar-refractivity contribution in [3.8, 4) is 11.5 Å². The Balaban J connectivity index is 0.981. The molecule has 5 rings (SSSR count). The van der Waals surface area contributed by atoms with Gasteiger partial charge in [-0.25, -0.2) is 19.2 Å². The van der Waals surface area contributed by atoms with Crippen molar-refractivity contribution in [3.05, 3.63) is 159 Å². The van der Waals surface area contributed by atoms with Crippen molar-refractivity contribution in [2.24, 2.45) is 9.98 Å². The van der Waals surface area contributed by atoms with Crippen LogP contribution >= 0.6 is 0 Å². The average Bonchev–Trinajstić information content (AvgIpc) is 3.49. The summed E-state index contributed by atoms with van der Waals surface area (Å²) in [4.78, 5) is 72.1. The highest BCUT2D eigenvalue weighted by Gasteiger charge is 2.27. The summed E-state index contributed by atoms with van der Waals surface area (Å²) in [7, 11) is 0. The van der Waals surface area contributed by atoms with Crippen LogP contribution in [-0.2, 0) is 9.47 Å². The molecular weight excluding hydrogens is 1020 g/mol. The fraction of sp³-hybridized carbons (Fsp3) is 0.471. The summed E-state index contributed by atoms with van der Waals surface area (Å²) < 4.78 is 21.9. The molecule has 5 aromatic carbocycles. The maximum absolute atomic E-state index is 13.2. The van der Waals surface area contributed by atoms with Gasteiger partial charge in [0.2, 0.25) is 11.5 Å². The van der Waals surface area contributed by atoms with Crippen LogP contribution < -0.4 is 9.47 Å². The predicted octanol–water partition coefficient (Wildman–Crippen LogP) is 18.8. The highest BCUT2D eigenvalue weighted by molar-refractivity contribution is 5.95. The summed E-state index contributed by atoms with van der Waals surface area (Å²) in [5.41, 5.74) is 3.00. The van der Waals surface area contributed by atoms with Gasteiger partial charge in [-0.15, -0.1) is 0 Å².